The Morgan fingerprint density at radius 1 is 1.17 bits per heavy atom. The molecule has 2 aliphatic rings. The van der Waals surface area contributed by atoms with E-state index in [-0.39, 0.29) is 12.2 Å². The first-order valence-electron chi connectivity index (χ1n) is 9.00. The molecule has 0 bridgehead atoms. The second kappa shape index (κ2) is 7.65. The summed E-state index contributed by atoms with van der Waals surface area (Å²) in [4.78, 5) is 2.45. The number of aliphatic hydroxyl groups is 1. The second-order valence-electron chi connectivity index (χ2n) is 7.15. The lowest BCUT2D eigenvalue weighted by Crippen LogP contribution is -2.46. The smallest absolute Gasteiger partial charge is 0.0726 e. The van der Waals surface area contributed by atoms with Gasteiger partial charge in [0.25, 0.3) is 0 Å². The lowest BCUT2D eigenvalue weighted by molar-refractivity contribution is -0.00526. The van der Waals surface area contributed by atoms with Crippen molar-refractivity contribution in [1.29, 1.82) is 0 Å². The first-order valence-corrected chi connectivity index (χ1v) is 9.00. The van der Waals surface area contributed by atoms with Crippen LogP contribution in [-0.2, 0) is 11.3 Å². The topological polar surface area (TPSA) is 44.7 Å². The summed E-state index contributed by atoms with van der Waals surface area (Å²) in [5.41, 5.74) is 2.66. The van der Waals surface area contributed by atoms with Crippen LogP contribution in [-0.4, -0.2) is 43.1 Å². The fourth-order valence-corrected chi connectivity index (χ4v) is 4.11. The number of hydrogen-bond acceptors (Lipinski definition) is 4. The van der Waals surface area contributed by atoms with Gasteiger partial charge in [-0.3, -0.25) is 0 Å². The number of para-hydroxylation sites is 1. The monoisotopic (exact) mass is 318 g/mol. The van der Waals surface area contributed by atoms with Crippen LogP contribution in [0.5, 0.6) is 0 Å². The molecule has 4 unspecified atom stereocenters. The molecule has 1 heterocycles. The van der Waals surface area contributed by atoms with E-state index < -0.39 is 0 Å². The van der Waals surface area contributed by atoms with Crippen LogP contribution in [0.3, 0.4) is 0 Å². The molecular weight excluding hydrogens is 288 g/mol. The Hall–Kier alpha value is -1.10. The zero-order valence-electron chi connectivity index (χ0n) is 14.4. The number of morpholine rings is 1. The SMILES string of the molecule is CC1CN(c2ccccc2CNC2CCCC2CO)CC(C)O1. The molecule has 0 spiro atoms. The Balaban J connectivity index is 1.68. The van der Waals surface area contributed by atoms with E-state index in [4.69, 9.17) is 4.74 Å². The number of nitrogens with one attached hydrogen (secondary N) is 1. The average molecular weight is 318 g/mol. The van der Waals surface area contributed by atoms with Gasteiger partial charge in [0, 0.05) is 38.0 Å². The van der Waals surface area contributed by atoms with Gasteiger partial charge in [-0.25, -0.2) is 0 Å². The largest absolute Gasteiger partial charge is 0.396 e. The summed E-state index contributed by atoms with van der Waals surface area (Å²) in [6, 6.07) is 9.13. The number of ether oxygens (including phenoxy) is 1. The van der Waals surface area contributed by atoms with Crippen LogP contribution >= 0.6 is 0 Å². The Morgan fingerprint density at radius 2 is 1.91 bits per heavy atom. The number of anilines is 1. The predicted molar refractivity (Wildman–Crippen MR) is 93.7 cm³/mol. The van der Waals surface area contributed by atoms with Crippen molar-refractivity contribution in [2.24, 2.45) is 5.92 Å². The van der Waals surface area contributed by atoms with Crippen molar-refractivity contribution >= 4 is 5.69 Å². The van der Waals surface area contributed by atoms with Crippen LogP contribution in [0.1, 0.15) is 38.7 Å². The van der Waals surface area contributed by atoms with Crippen LogP contribution in [0.2, 0.25) is 0 Å². The van der Waals surface area contributed by atoms with E-state index in [9.17, 15) is 5.11 Å². The van der Waals surface area contributed by atoms with E-state index in [0.717, 1.165) is 26.1 Å². The molecule has 4 heteroatoms. The Morgan fingerprint density at radius 3 is 2.65 bits per heavy atom. The molecule has 3 rings (SSSR count). The van der Waals surface area contributed by atoms with Gasteiger partial charge in [-0.2, -0.15) is 0 Å². The highest BCUT2D eigenvalue weighted by Crippen LogP contribution is 2.27. The minimum atomic E-state index is 0.272. The summed E-state index contributed by atoms with van der Waals surface area (Å²) in [7, 11) is 0. The molecule has 1 aromatic rings. The van der Waals surface area contributed by atoms with Crippen molar-refractivity contribution in [2.75, 3.05) is 24.6 Å². The van der Waals surface area contributed by atoms with E-state index >= 15 is 0 Å². The molecule has 128 valence electrons. The molecule has 0 amide bonds. The maximum Gasteiger partial charge on any atom is 0.0726 e. The third kappa shape index (κ3) is 4.06. The van der Waals surface area contributed by atoms with Crippen LogP contribution in [0.4, 0.5) is 5.69 Å². The van der Waals surface area contributed by atoms with Gasteiger partial charge in [0.15, 0.2) is 0 Å². The maximum absolute atomic E-state index is 9.49. The molecule has 1 saturated carbocycles. The number of benzene rings is 1. The summed E-state index contributed by atoms with van der Waals surface area (Å²) in [6.07, 6.45) is 4.10. The summed E-state index contributed by atoms with van der Waals surface area (Å²) < 4.78 is 5.86. The van der Waals surface area contributed by atoms with Crippen molar-refractivity contribution in [3.63, 3.8) is 0 Å². The van der Waals surface area contributed by atoms with E-state index in [1.54, 1.807) is 0 Å². The lowest BCUT2D eigenvalue weighted by Gasteiger charge is -2.38. The van der Waals surface area contributed by atoms with Crippen LogP contribution < -0.4 is 10.2 Å². The fourth-order valence-electron chi connectivity index (χ4n) is 4.11. The molecular formula is C19H30N2O2. The second-order valence-corrected chi connectivity index (χ2v) is 7.15. The number of aliphatic hydroxyl groups excluding tert-OH is 1. The Bertz CT molecular complexity index is 498. The molecule has 1 aromatic carbocycles. The molecule has 0 radical (unpaired) electrons. The molecule has 1 saturated heterocycles. The molecule has 1 aliphatic heterocycles. The summed E-state index contributed by atoms with van der Waals surface area (Å²) in [5.74, 6) is 0.422. The first-order chi connectivity index (χ1) is 11.2. The van der Waals surface area contributed by atoms with E-state index in [1.807, 2.05) is 0 Å². The van der Waals surface area contributed by atoms with Gasteiger partial charge in [0.2, 0.25) is 0 Å². The van der Waals surface area contributed by atoms with Crippen molar-refractivity contribution < 1.29 is 9.84 Å². The highest BCUT2D eigenvalue weighted by molar-refractivity contribution is 5.54. The van der Waals surface area contributed by atoms with Gasteiger partial charge in [0.05, 0.1) is 12.2 Å². The zero-order valence-corrected chi connectivity index (χ0v) is 14.4. The molecule has 4 atom stereocenters. The first kappa shape index (κ1) is 16.7. The number of rotatable bonds is 5. The van der Waals surface area contributed by atoms with Crippen molar-refractivity contribution in [2.45, 2.75) is 57.9 Å². The Labute approximate surface area is 139 Å². The average Bonchev–Trinajstić information content (AvgIpc) is 3.00. The van der Waals surface area contributed by atoms with Crippen molar-refractivity contribution in [3.8, 4) is 0 Å². The minimum Gasteiger partial charge on any atom is -0.396 e. The third-order valence-electron chi connectivity index (χ3n) is 5.20. The van der Waals surface area contributed by atoms with E-state index in [1.165, 1.54) is 24.1 Å². The highest BCUT2D eigenvalue weighted by Gasteiger charge is 2.27. The third-order valence-corrected chi connectivity index (χ3v) is 5.20. The maximum atomic E-state index is 9.49. The minimum absolute atomic E-state index is 0.272. The van der Waals surface area contributed by atoms with Gasteiger partial charge in [0.1, 0.15) is 0 Å². The highest BCUT2D eigenvalue weighted by atomic mass is 16.5. The standard InChI is InChI=1S/C19H30N2O2/c1-14-11-21(12-15(2)23-14)19-9-4-3-6-16(19)10-20-18-8-5-7-17(18)13-22/h3-4,6,9,14-15,17-18,20,22H,5,7-8,10-13H2,1-2H3. The summed E-state index contributed by atoms with van der Waals surface area (Å²) in [6.45, 7) is 7.37. The lowest BCUT2D eigenvalue weighted by atomic mass is 10.0. The van der Waals surface area contributed by atoms with Crippen LogP contribution in [0, 0.1) is 5.92 Å². The molecule has 4 nitrogen and oxygen atoms in total. The van der Waals surface area contributed by atoms with Crippen molar-refractivity contribution in [1.82, 2.24) is 5.32 Å². The van der Waals surface area contributed by atoms with Gasteiger partial charge < -0.3 is 20.1 Å². The van der Waals surface area contributed by atoms with Gasteiger partial charge >= 0.3 is 0 Å². The summed E-state index contributed by atoms with van der Waals surface area (Å²) in [5, 5.41) is 13.2. The van der Waals surface area contributed by atoms with Crippen LogP contribution in [0.25, 0.3) is 0 Å². The summed E-state index contributed by atoms with van der Waals surface area (Å²) >= 11 is 0. The fraction of sp³-hybridized carbons (Fsp3) is 0.684. The van der Waals surface area contributed by atoms with E-state index in [0.29, 0.717) is 18.6 Å². The van der Waals surface area contributed by atoms with Gasteiger partial charge in [-0.15, -0.1) is 0 Å². The van der Waals surface area contributed by atoms with Gasteiger partial charge in [-0.1, -0.05) is 24.6 Å². The molecule has 0 aromatic heterocycles. The quantitative estimate of drug-likeness (QED) is 0.876. The van der Waals surface area contributed by atoms with Crippen molar-refractivity contribution in [3.05, 3.63) is 29.8 Å². The molecule has 2 fully saturated rings. The molecule has 2 N–H and O–H groups in total. The molecule has 23 heavy (non-hydrogen) atoms. The van der Waals surface area contributed by atoms with Gasteiger partial charge in [-0.05, 0) is 44.2 Å². The Kier molecular flexibility index (Phi) is 5.57. The zero-order chi connectivity index (χ0) is 16.2. The molecule has 1 aliphatic carbocycles. The number of hydrogen-bond donors (Lipinski definition) is 2. The van der Waals surface area contributed by atoms with E-state index in [2.05, 4.69) is 48.3 Å². The number of nitrogens with zero attached hydrogens (tertiary/aromatic N) is 1. The normalized spacial score (nSPS) is 31.5. The van der Waals surface area contributed by atoms with Crippen LogP contribution in [0.15, 0.2) is 24.3 Å². The predicted octanol–water partition coefficient (Wildman–Crippen LogP) is 2.55.